The molecular weight excluding hydrogens is 404 g/mol. The summed E-state index contributed by atoms with van der Waals surface area (Å²) in [5.74, 6) is 3.48. The van der Waals surface area contributed by atoms with Crippen LogP contribution in [0.5, 0.6) is 11.5 Å². The van der Waals surface area contributed by atoms with E-state index in [-0.39, 0.29) is 30.4 Å². The van der Waals surface area contributed by atoms with Crippen molar-refractivity contribution in [3.05, 3.63) is 54.1 Å². The minimum Gasteiger partial charge on any atom is -0.494 e. The van der Waals surface area contributed by atoms with Gasteiger partial charge in [-0.3, -0.25) is 4.79 Å². The van der Waals surface area contributed by atoms with E-state index in [1.807, 2.05) is 31.2 Å². The van der Waals surface area contributed by atoms with Gasteiger partial charge in [-0.25, -0.2) is 13.1 Å². The smallest absolute Gasteiger partial charge is 0.240 e. The Hall–Kier alpha value is -3.02. The lowest BCUT2D eigenvalue weighted by molar-refractivity contribution is -0.120. The van der Waals surface area contributed by atoms with Crippen LogP contribution >= 0.6 is 0 Å². The van der Waals surface area contributed by atoms with Crippen molar-refractivity contribution in [1.29, 1.82) is 0 Å². The Labute approximate surface area is 177 Å². The van der Waals surface area contributed by atoms with E-state index in [2.05, 4.69) is 16.0 Å². The zero-order valence-corrected chi connectivity index (χ0v) is 17.7. The van der Waals surface area contributed by atoms with Crippen molar-refractivity contribution in [2.24, 2.45) is 0 Å². The van der Waals surface area contributed by atoms with E-state index < -0.39 is 10.0 Å². The first-order valence-electron chi connectivity index (χ1n) is 9.59. The number of nitrogens with one attached hydrogen (secondary N) is 2. The van der Waals surface area contributed by atoms with Gasteiger partial charge in [0.25, 0.3) is 0 Å². The number of hydrogen-bond acceptors (Lipinski definition) is 5. The summed E-state index contributed by atoms with van der Waals surface area (Å²) >= 11 is 0. The Morgan fingerprint density at radius 1 is 1.00 bits per heavy atom. The van der Waals surface area contributed by atoms with Crippen LogP contribution in [0.4, 0.5) is 0 Å². The van der Waals surface area contributed by atoms with Crippen LogP contribution in [0.3, 0.4) is 0 Å². The van der Waals surface area contributed by atoms with Crippen molar-refractivity contribution in [3.8, 4) is 23.8 Å². The standard InChI is InChI=1S/C22H26N2O5S/c1-3-17-29-20-7-5-18(6-8-20)13-15-23-22(25)14-16-24-30(26,27)21-11-9-19(10-12-21)28-4-2/h1,5-12,24H,4,13-17H2,2H3,(H,23,25). The molecule has 0 spiro atoms. The predicted molar refractivity (Wildman–Crippen MR) is 115 cm³/mol. The summed E-state index contributed by atoms with van der Waals surface area (Å²) in [4.78, 5) is 12.1. The van der Waals surface area contributed by atoms with Crippen LogP contribution in [-0.2, 0) is 21.2 Å². The highest BCUT2D eigenvalue weighted by atomic mass is 32.2. The van der Waals surface area contributed by atoms with Crippen molar-refractivity contribution < 1.29 is 22.7 Å². The van der Waals surface area contributed by atoms with Crippen LogP contribution in [0.25, 0.3) is 0 Å². The molecule has 0 aromatic heterocycles. The minimum absolute atomic E-state index is 0.0165. The number of benzene rings is 2. The summed E-state index contributed by atoms with van der Waals surface area (Å²) in [6.45, 7) is 3.05. The van der Waals surface area contributed by atoms with Gasteiger partial charge in [-0.2, -0.15) is 0 Å². The summed E-state index contributed by atoms with van der Waals surface area (Å²) in [6.07, 6.45) is 5.85. The lowest BCUT2D eigenvalue weighted by Crippen LogP contribution is -2.31. The number of carbonyl (C=O) groups excluding carboxylic acids is 1. The van der Waals surface area contributed by atoms with Gasteiger partial charge in [0, 0.05) is 19.5 Å². The summed E-state index contributed by atoms with van der Waals surface area (Å²) in [5.41, 5.74) is 1.04. The molecule has 0 saturated carbocycles. The Morgan fingerprint density at radius 3 is 2.27 bits per heavy atom. The first-order chi connectivity index (χ1) is 14.4. The second-order valence-corrected chi connectivity index (χ2v) is 8.06. The molecule has 2 aromatic rings. The van der Waals surface area contributed by atoms with Crippen LogP contribution in [0.15, 0.2) is 53.4 Å². The van der Waals surface area contributed by atoms with Gasteiger partial charge < -0.3 is 14.8 Å². The lowest BCUT2D eigenvalue weighted by Gasteiger charge is -2.09. The SMILES string of the molecule is C#CCOc1ccc(CCNC(=O)CCNS(=O)(=O)c2ccc(OCC)cc2)cc1. The highest BCUT2D eigenvalue weighted by molar-refractivity contribution is 7.89. The molecule has 0 heterocycles. The molecule has 8 heteroatoms. The number of amides is 1. The lowest BCUT2D eigenvalue weighted by atomic mass is 10.1. The molecule has 2 N–H and O–H groups in total. The normalized spacial score (nSPS) is 10.8. The molecular formula is C22H26N2O5S. The molecule has 0 atom stereocenters. The maximum atomic E-state index is 12.3. The fourth-order valence-electron chi connectivity index (χ4n) is 2.58. The third kappa shape index (κ3) is 7.78. The third-order valence-corrected chi connectivity index (χ3v) is 5.55. The highest BCUT2D eigenvalue weighted by Gasteiger charge is 2.14. The third-order valence-electron chi connectivity index (χ3n) is 4.07. The van der Waals surface area contributed by atoms with Crippen LogP contribution in [0.1, 0.15) is 18.9 Å². The Morgan fingerprint density at radius 2 is 1.63 bits per heavy atom. The van der Waals surface area contributed by atoms with Crippen LogP contribution in [0, 0.1) is 12.3 Å². The maximum absolute atomic E-state index is 12.3. The van der Waals surface area contributed by atoms with E-state index in [9.17, 15) is 13.2 Å². The first-order valence-corrected chi connectivity index (χ1v) is 11.1. The molecule has 0 aliphatic heterocycles. The average Bonchev–Trinajstić information content (AvgIpc) is 2.74. The molecule has 2 rings (SSSR count). The van der Waals surface area contributed by atoms with Crippen molar-refractivity contribution in [1.82, 2.24) is 10.0 Å². The number of terminal acetylenes is 1. The number of ether oxygens (including phenoxy) is 2. The largest absolute Gasteiger partial charge is 0.494 e. The molecule has 30 heavy (non-hydrogen) atoms. The molecule has 0 aliphatic rings. The van der Waals surface area contributed by atoms with Crippen LogP contribution in [0.2, 0.25) is 0 Å². The van der Waals surface area contributed by atoms with Crippen molar-refractivity contribution >= 4 is 15.9 Å². The number of carbonyl (C=O) groups is 1. The molecule has 0 aliphatic carbocycles. The van der Waals surface area contributed by atoms with Crippen molar-refractivity contribution in [2.45, 2.75) is 24.7 Å². The van der Waals surface area contributed by atoms with E-state index in [1.54, 1.807) is 12.1 Å². The summed E-state index contributed by atoms with van der Waals surface area (Å²) in [6, 6.07) is 13.6. The number of rotatable bonds is 12. The fourth-order valence-corrected chi connectivity index (χ4v) is 3.61. The quantitative estimate of drug-likeness (QED) is 0.503. The maximum Gasteiger partial charge on any atom is 0.240 e. The molecule has 0 bridgehead atoms. The monoisotopic (exact) mass is 430 g/mol. The molecule has 0 saturated heterocycles. The van der Waals surface area contributed by atoms with Gasteiger partial charge in [-0.05, 0) is 55.3 Å². The zero-order valence-electron chi connectivity index (χ0n) is 16.9. The molecule has 2 aromatic carbocycles. The van der Waals surface area contributed by atoms with Crippen LogP contribution in [-0.4, -0.2) is 40.6 Å². The molecule has 1 amide bonds. The molecule has 0 fully saturated rings. The second-order valence-electron chi connectivity index (χ2n) is 6.29. The van der Waals surface area contributed by atoms with E-state index in [4.69, 9.17) is 15.9 Å². The minimum atomic E-state index is -3.67. The summed E-state index contributed by atoms with van der Waals surface area (Å²) in [5, 5.41) is 2.78. The molecule has 7 nitrogen and oxygen atoms in total. The summed E-state index contributed by atoms with van der Waals surface area (Å²) < 4.78 is 37.6. The van der Waals surface area contributed by atoms with Crippen molar-refractivity contribution in [2.75, 3.05) is 26.3 Å². The topological polar surface area (TPSA) is 93.7 Å². The zero-order chi connectivity index (χ0) is 21.8. The second kappa shape index (κ2) is 11.9. The van der Waals surface area contributed by atoms with Gasteiger partial charge in [0.1, 0.15) is 18.1 Å². The van der Waals surface area contributed by atoms with Gasteiger partial charge in [0.2, 0.25) is 15.9 Å². The van der Waals surface area contributed by atoms with E-state index in [0.717, 1.165) is 5.56 Å². The van der Waals surface area contributed by atoms with Gasteiger partial charge in [-0.15, -0.1) is 6.42 Å². The first kappa shape index (κ1) is 23.3. The van der Waals surface area contributed by atoms with Gasteiger partial charge in [0.15, 0.2) is 0 Å². The number of sulfonamides is 1. The van der Waals surface area contributed by atoms with E-state index in [1.165, 1.54) is 12.1 Å². The van der Waals surface area contributed by atoms with E-state index >= 15 is 0 Å². The average molecular weight is 431 g/mol. The molecule has 0 radical (unpaired) electrons. The highest BCUT2D eigenvalue weighted by Crippen LogP contribution is 2.16. The Balaban J connectivity index is 1.69. The van der Waals surface area contributed by atoms with Gasteiger partial charge >= 0.3 is 0 Å². The molecule has 160 valence electrons. The van der Waals surface area contributed by atoms with Gasteiger partial charge in [-0.1, -0.05) is 18.1 Å². The number of hydrogen-bond donors (Lipinski definition) is 2. The van der Waals surface area contributed by atoms with Crippen LogP contribution < -0.4 is 19.5 Å². The molecule has 0 unspecified atom stereocenters. The Bertz CT molecular complexity index is 949. The fraction of sp³-hybridized carbons (Fsp3) is 0.318. The van der Waals surface area contributed by atoms with Crippen molar-refractivity contribution in [3.63, 3.8) is 0 Å². The van der Waals surface area contributed by atoms with Gasteiger partial charge in [0.05, 0.1) is 11.5 Å². The summed E-state index contributed by atoms with van der Waals surface area (Å²) in [7, 11) is -3.67. The Kier molecular flexibility index (Phi) is 9.19. The van der Waals surface area contributed by atoms with E-state index in [0.29, 0.717) is 31.1 Å². The predicted octanol–water partition coefficient (Wildman–Crippen LogP) is 2.12.